The first kappa shape index (κ1) is 34.6. The highest BCUT2D eigenvalue weighted by Gasteiger charge is 2.69. The minimum Gasteiger partial charge on any atom is -0.445 e. The molecule has 3 saturated carbocycles. The molecule has 2 amide bonds. The van der Waals surface area contributed by atoms with Gasteiger partial charge < -0.3 is 29.8 Å². The van der Waals surface area contributed by atoms with Crippen molar-refractivity contribution in [2.75, 3.05) is 20.3 Å². The van der Waals surface area contributed by atoms with Gasteiger partial charge in [-0.3, -0.25) is 14.5 Å². The number of benzene rings is 2. The number of likely N-dealkylation sites (tertiary alicyclic amines) is 1. The first-order valence-corrected chi connectivity index (χ1v) is 17.4. The van der Waals surface area contributed by atoms with Crippen LogP contribution in [-0.4, -0.2) is 79.3 Å². The van der Waals surface area contributed by atoms with Crippen molar-refractivity contribution in [1.29, 1.82) is 0 Å². The zero-order chi connectivity index (χ0) is 34.1. The molecule has 258 valence electrons. The average Bonchev–Trinajstić information content (AvgIpc) is 3.68. The molecular weight excluding hydrogens is 609 g/mol. The Labute approximate surface area is 284 Å². The molecular formula is C37H50BN3O7. The van der Waals surface area contributed by atoms with Gasteiger partial charge in [-0.25, -0.2) is 4.79 Å². The third kappa shape index (κ3) is 6.30. The lowest BCUT2D eigenvalue weighted by Crippen LogP contribution is -2.69. The molecule has 0 radical (unpaired) electrons. The zero-order valence-electron chi connectivity index (χ0n) is 28.7. The standard InChI is InChI=1S/C37H50BN3O7/c1-35(2)27-22-29(35)36(3)30(23-27)47-38(48-36)31(17-11-20-45-4)41-19-12-18-37(41,33(39)43)32(42)28(21-25-13-7-5-8-14-25)40-34(44)46-24-26-15-9-6-10-16-26/h5-10,13-16,27-31H,11-12,17-24H2,1-4H3,(H2,39,43)(H,40,44)/t27-,28-,29-,30-,31?,36+,37-/m1/s1. The van der Waals surface area contributed by atoms with Crippen LogP contribution in [0.5, 0.6) is 0 Å². The molecule has 2 heterocycles. The maximum atomic E-state index is 14.9. The van der Waals surface area contributed by atoms with Crippen LogP contribution in [0, 0.1) is 17.3 Å². The minimum absolute atomic E-state index is 0.0442. The molecule has 2 saturated heterocycles. The summed E-state index contributed by atoms with van der Waals surface area (Å²) in [4.78, 5) is 43.8. The number of alkyl carbamates (subject to hydrolysis) is 1. The summed E-state index contributed by atoms with van der Waals surface area (Å²) in [5, 5.41) is 2.81. The Kier molecular flexibility index (Phi) is 10.0. The zero-order valence-corrected chi connectivity index (χ0v) is 28.7. The predicted octanol–water partition coefficient (Wildman–Crippen LogP) is 4.48. The summed E-state index contributed by atoms with van der Waals surface area (Å²) in [5.74, 6) is -0.663. The number of amides is 2. The lowest BCUT2D eigenvalue weighted by Gasteiger charge is -2.64. The monoisotopic (exact) mass is 659 g/mol. The van der Waals surface area contributed by atoms with E-state index in [2.05, 4.69) is 26.1 Å². The topological polar surface area (TPSA) is 129 Å². The van der Waals surface area contributed by atoms with Gasteiger partial charge >= 0.3 is 13.2 Å². The molecule has 7 rings (SSSR count). The van der Waals surface area contributed by atoms with Crippen LogP contribution in [0.3, 0.4) is 0 Å². The van der Waals surface area contributed by atoms with Crippen LogP contribution in [0.2, 0.25) is 0 Å². The van der Waals surface area contributed by atoms with Gasteiger partial charge in [-0.2, -0.15) is 0 Å². The third-order valence-electron chi connectivity index (χ3n) is 11.9. The van der Waals surface area contributed by atoms with Gasteiger partial charge in [0, 0.05) is 19.7 Å². The molecule has 11 heteroatoms. The summed E-state index contributed by atoms with van der Waals surface area (Å²) in [6.45, 7) is 7.83. The van der Waals surface area contributed by atoms with E-state index < -0.39 is 48.0 Å². The lowest BCUT2D eigenvalue weighted by molar-refractivity contribution is -0.199. The van der Waals surface area contributed by atoms with Crippen molar-refractivity contribution in [3.63, 3.8) is 0 Å². The van der Waals surface area contributed by atoms with Crippen LogP contribution in [0.15, 0.2) is 60.7 Å². The van der Waals surface area contributed by atoms with Gasteiger partial charge in [0.05, 0.1) is 17.7 Å². The summed E-state index contributed by atoms with van der Waals surface area (Å²) < 4.78 is 24.6. The quantitative estimate of drug-likeness (QED) is 0.173. The van der Waals surface area contributed by atoms with Crippen LogP contribution in [0.4, 0.5) is 4.79 Å². The predicted molar refractivity (Wildman–Crippen MR) is 182 cm³/mol. The van der Waals surface area contributed by atoms with Crippen molar-refractivity contribution in [3.05, 3.63) is 71.8 Å². The van der Waals surface area contributed by atoms with Gasteiger partial charge in [-0.15, -0.1) is 0 Å². The maximum Gasteiger partial charge on any atom is 0.476 e. The number of methoxy groups -OCH3 is 1. The van der Waals surface area contributed by atoms with Crippen LogP contribution >= 0.6 is 0 Å². The van der Waals surface area contributed by atoms with E-state index in [1.807, 2.05) is 65.6 Å². The second kappa shape index (κ2) is 13.9. The highest BCUT2D eigenvalue weighted by Crippen LogP contribution is 2.66. The van der Waals surface area contributed by atoms with E-state index in [4.69, 9.17) is 24.5 Å². The van der Waals surface area contributed by atoms with Crippen LogP contribution < -0.4 is 11.1 Å². The number of ether oxygens (including phenoxy) is 2. The lowest BCUT2D eigenvalue weighted by atomic mass is 9.43. The van der Waals surface area contributed by atoms with Crippen molar-refractivity contribution in [3.8, 4) is 0 Å². The summed E-state index contributed by atoms with van der Waals surface area (Å²) in [6, 6.07) is 17.7. The second-order valence-electron chi connectivity index (χ2n) is 14.9. The SMILES string of the molecule is COCCCC(B1O[C@@H]2C[C@H]3C[C@H](C3(C)C)[C@]2(C)O1)N1CCC[C@]1(C(N)=O)C(=O)[C@@H](Cc1ccccc1)NC(=O)OCc1ccccc1. The van der Waals surface area contributed by atoms with Gasteiger partial charge in [-0.1, -0.05) is 74.5 Å². The van der Waals surface area contributed by atoms with Crippen molar-refractivity contribution < 1.29 is 33.2 Å². The van der Waals surface area contributed by atoms with Crippen LogP contribution in [0.1, 0.15) is 70.4 Å². The molecule has 3 aliphatic carbocycles. The summed E-state index contributed by atoms with van der Waals surface area (Å²) in [7, 11) is 1.01. The Morgan fingerprint density at radius 3 is 2.38 bits per heavy atom. The molecule has 5 fully saturated rings. The average molecular weight is 660 g/mol. The van der Waals surface area contributed by atoms with E-state index in [9.17, 15) is 14.4 Å². The van der Waals surface area contributed by atoms with Crippen LogP contribution in [-0.2, 0) is 41.4 Å². The molecule has 1 unspecified atom stereocenters. The van der Waals surface area contributed by atoms with Crippen molar-refractivity contribution in [2.24, 2.45) is 23.0 Å². The minimum atomic E-state index is -1.67. The highest BCUT2D eigenvalue weighted by atomic mass is 16.7. The van der Waals surface area contributed by atoms with E-state index in [0.717, 1.165) is 24.0 Å². The number of Topliss-reactive ketones (excluding diaryl/α,β-unsaturated/α-hetero) is 1. The van der Waals surface area contributed by atoms with Crippen molar-refractivity contribution >= 4 is 24.9 Å². The van der Waals surface area contributed by atoms with Gasteiger partial charge in [0.1, 0.15) is 6.61 Å². The fourth-order valence-electron chi connectivity index (χ4n) is 9.13. The number of ketones is 1. The van der Waals surface area contributed by atoms with Crippen LogP contribution in [0.25, 0.3) is 0 Å². The van der Waals surface area contributed by atoms with Gasteiger partial charge in [0.15, 0.2) is 11.3 Å². The fourth-order valence-corrected chi connectivity index (χ4v) is 9.13. The highest BCUT2D eigenvalue weighted by molar-refractivity contribution is 6.47. The number of nitrogens with zero attached hydrogens (tertiary/aromatic N) is 1. The van der Waals surface area contributed by atoms with E-state index in [-0.39, 0.29) is 31.0 Å². The number of carbonyl (C=O) groups is 3. The number of primary amides is 1. The Morgan fingerprint density at radius 1 is 1.04 bits per heavy atom. The van der Waals surface area contributed by atoms with Gasteiger partial charge in [0.2, 0.25) is 5.91 Å². The summed E-state index contributed by atoms with van der Waals surface area (Å²) >= 11 is 0. The van der Waals surface area contributed by atoms with E-state index in [0.29, 0.717) is 44.2 Å². The first-order valence-electron chi connectivity index (χ1n) is 17.4. The number of nitrogens with one attached hydrogen (secondary N) is 1. The Hall–Kier alpha value is -3.25. The second-order valence-corrected chi connectivity index (χ2v) is 14.9. The molecule has 2 aromatic carbocycles. The summed E-state index contributed by atoms with van der Waals surface area (Å²) in [6.07, 6.45) is 3.49. The number of nitrogens with two attached hydrogens (primary N) is 1. The molecule has 2 aliphatic heterocycles. The number of carbonyl (C=O) groups excluding carboxylic acids is 3. The fraction of sp³-hybridized carbons (Fsp3) is 0.595. The molecule has 2 aromatic rings. The molecule has 7 atom stereocenters. The smallest absolute Gasteiger partial charge is 0.445 e. The van der Waals surface area contributed by atoms with E-state index >= 15 is 0 Å². The molecule has 48 heavy (non-hydrogen) atoms. The largest absolute Gasteiger partial charge is 0.476 e. The Bertz CT molecular complexity index is 1460. The molecule has 10 nitrogen and oxygen atoms in total. The Balaban J connectivity index is 1.29. The normalized spacial score (nSPS) is 30.2. The molecule has 3 N–H and O–H groups in total. The van der Waals surface area contributed by atoms with Crippen molar-refractivity contribution in [2.45, 2.75) is 102 Å². The number of hydrogen-bond acceptors (Lipinski definition) is 8. The molecule has 0 aromatic heterocycles. The summed E-state index contributed by atoms with van der Waals surface area (Å²) in [5.41, 5.74) is 5.96. The maximum absolute atomic E-state index is 14.9. The molecule has 5 aliphatic rings. The number of rotatable bonds is 14. The van der Waals surface area contributed by atoms with Crippen molar-refractivity contribution in [1.82, 2.24) is 10.2 Å². The molecule has 0 spiro atoms. The van der Waals surface area contributed by atoms with Gasteiger partial charge in [0.25, 0.3) is 0 Å². The van der Waals surface area contributed by atoms with E-state index in [1.54, 1.807) is 7.11 Å². The van der Waals surface area contributed by atoms with Gasteiger partial charge in [-0.05, 0) is 86.8 Å². The van der Waals surface area contributed by atoms with E-state index in [1.165, 1.54) is 0 Å². The number of hydrogen-bond donors (Lipinski definition) is 2. The first-order chi connectivity index (χ1) is 23.0. The molecule has 2 bridgehead atoms. The Morgan fingerprint density at radius 2 is 1.73 bits per heavy atom. The third-order valence-corrected chi connectivity index (χ3v) is 11.9.